The predicted molar refractivity (Wildman–Crippen MR) is 105 cm³/mol. The third kappa shape index (κ3) is 3.93. The van der Waals surface area contributed by atoms with E-state index in [1.807, 2.05) is 78.9 Å². The molecule has 0 amide bonds. The molecule has 4 aromatic rings. The van der Waals surface area contributed by atoms with E-state index in [1.54, 1.807) is 11.7 Å². The molecule has 0 unspecified atom stereocenters. The first kappa shape index (κ1) is 17.5. The largest absolute Gasteiger partial charge is 0.389 e. The minimum Gasteiger partial charge on any atom is -0.389 e. The van der Waals surface area contributed by atoms with Gasteiger partial charge in [-0.2, -0.15) is 0 Å². The van der Waals surface area contributed by atoms with Crippen LogP contribution in [0, 0.1) is 0 Å². The molecule has 138 valence electrons. The number of aromatic nitrogens is 5. The van der Waals surface area contributed by atoms with E-state index in [9.17, 15) is 0 Å². The van der Waals surface area contributed by atoms with Gasteiger partial charge in [-0.05, 0) is 22.6 Å². The first-order valence-corrected chi connectivity index (χ1v) is 8.81. The summed E-state index contributed by atoms with van der Waals surface area (Å²) < 4.78 is 1.56. The minimum absolute atomic E-state index is 0.238. The van der Waals surface area contributed by atoms with Gasteiger partial charge in [0.1, 0.15) is 0 Å². The Morgan fingerprint density at radius 3 is 2.39 bits per heavy atom. The number of aryl methyl sites for hydroxylation is 1. The SMILES string of the molecule is Cn1nnnc1C(=NOCc1cccc(-c2ccccc2)n1)c1ccccc1. The summed E-state index contributed by atoms with van der Waals surface area (Å²) in [7, 11) is 1.76. The van der Waals surface area contributed by atoms with Crippen LogP contribution >= 0.6 is 0 Å². The molecule has 0 saturated heterocycles. The number of oxime groups is 1. The lowest BCUT2D eigenvalue weighted by atomic mass is 10.1. The van der Waals surface area contributed by atoms with E-state index in [0.717, 1.165) is 22.5 Å². The van der Waals surface area contributed by atoms with Gasteiger partial charge in [-0.3, -0.25) is 0 Å². The number of tetrazole rings is 1. The minimum atomic E-state index is 0.238. The molecule has 0 saturated carbocycles. The Balaban J connectivity index is 1.56. The molecule has 0 aliphatic carbocycles. The molecule has 2 aromatic carbocycles. The normalized spacial score (nSPS) is 11.4. The van der Waals surface area contributed by atoms with Gasteiger partial charge in [-0.25, -0.2) is 9.67 Å². The van der Waals surface area contributed by atoms with E-state index < -0.39 is 0 Å². The molecule has 0 fully saturated rings. The number of rotatable bonds is 6. The Labute approximate surface area is 162 Å². The predicted octanol–water partition coefficient (Wildman–Crippen LogP) is 3.24. The Morgan fingerprint density at radius 2 is 1.68 bits per heavy atom. The van der Waals surface area contributed by atoms with Crippen molar-refractivity contribution in [1.82, 2.24) is 25.2 Å². The summed E-state index contributed by atoms with van der Waals surface area (Å²) in [4.78, 5) is 10.3. The van der Waals surface area contributed by atoms with Crippen molar-refractivity contribution >= 4 is 5.71 Å². The topological polar surface area (TPSA) is 78.1 Å². The van der Waals surface area contributed by atoms with Crippen molar-refractivity contribution in [2.75, 3.05) is 0 Å². The summed E-state index contributed by atoms with van der Waals surface area (Å²) in [6.07, 6.45) is 0. The molecule has 2 heterocycles. The fourth-order valence-corrected chi connectivity index (χ4v) is 2.74. The standard InChI is InChI=1S/C21H18N6O/c1-27-21(23-25-26-27)20(17-11-6-3-7-12-17)24-28-15-18-13-8-14-19(22-18)16-9-4-2-5-10-16/h2-14H,15H2,1H3. The van der Waals surface area contributed by atoms with Crippen LogP contribution in [0.15, 0.2) is 84.0 Å². The Kier molecular flexibility index (Phi) is 5.15. The van der Waals surface area contributed by atoms with Crippen LogP contribution in [0.1, 0.15) is 17.1 Å². The van der Waals surface area contributed by atoms with Crippen LogP contribution < -0.4 is 0 Å². The van der Waals surface area contributed by atoms with Gasteiger partial charge in [0.15, 0.2) is 12.3 Å². The average molecular weight is 370 g/mol. The molecule has 7 nitrogen and oxygen atoms in total. The smallest absolute Gasteiger partial charge is 0.204 e. The van der Waals surface area contributed by atoms with E-state index in [4.69, 9.17) is 4.84 Å². The van der Waals surface area contributed by atoms with Gasteiger partial charge in [-0.1, -0.05) is 71.9 Å². The number of hydrogen-bond donors (Lipinski definition) is 0. The summed E-state index contributed by atoms with van der Waals surface area (Å²) in [5.74, 6) is 0.525. The second-order valence-electron chi connectivity index (χ2n) is 6.09. The summed E-state index contributed by atoms with van der Waals surface area (Å²) in [5, 5.41) is 15.9. The first-order valence-electron chi connectivity index (χ1n) is 8.81. The molecule has 2 aromatic heterocycles. The molecule has 0 atom stereocenters. The molecule has 0 aliphatic rings. The highest BCUT2D eigenvalue weighted by Crippen LogP contribution is 2.17. The lowest BCUT2D eigenvalue weighted by Gasteiger charge is -2.07. The molecule has 0 aliphatic heterocycles. The zero-order chi connectivity index (χ0) is 19.2. The van der Waals surface area contributed by atoms with E-state index >= 15 is 0 Å². The quantitative estimate of drug-likeness (QED) is 0.385. The molecule has 0 N–H and O–H groups in total. The Morgan fingerprint density at radius 1 is 0.929 bits per heavy atom. The van der Waals surface area contributed by atoms with Crippen LogP contribution in [0.25, 0.3) is 11.3 Å². The van der Waals surface area contributed by atoms with Crippen molar-refractivity contribution in [1.29, 1.82) is 0 Å². The summed E-state index contributed by atoms with van der Waals surface area (Å²) in [6, 6.07) is 25.5. The van der Waals surface area contributed by atoms with E-state index in [-0.39, 0.29) is 6.61 Å². The van der Waals surface area contributed by atoms with Crippen molar-refractivity contribution in [2.45, 2.75) is 6.61 Å². The van der Waals surface area contributed by atoms with Gasteiger partial charge in [0.05, 0.1) is 11.4 Å². The van der Waals surface area contributed by atoms with Gasteiger partial charge in [0.2, 0.25) is 5.82 Å². The van der Waals surface area contributed by atoms with Crippen LogP contribution in [0.5, 0.6) is 0 Å². The van der Waals surface area contributed by atoms with Crippen molar-refractivity contribution in [3.05, 3.63) is 95.9 Å². The van der Waals surface area contributed by atoms with Gasteiger partial charge in [-0.15, -0.1) is 5.10 Å². The highest BCUT2D eigenvalue weighted by molar-refractivity contribution is 6.10. The fraction of sp³-hybridized carbons (Fsp3) is 0.0952. The number of benzene rings is 2. The van der Waals surface area contributed by atoms with Crippen LogP contribution in [-0.2, 0) is 18.5 Å². The molecule has 7 heteroatoms. The van der Waals surface area contributed by atoms with Crippen LogP contribution in [-0.4, -0.2) is 30.9 Å². The average Bonchev–Trinajstić information content (AvgIpc) is 3.18. The number of nitrogens with zero attached hydrogens (tertiary/aromatic N) is 6. The third-order valence-electron chi connectivity index (χ3n) is 4.12. The van der Waals surface area contributed by atoms with Crippen LogP contribution in [0.3, 0.4) is 0 Å². The molecule has 0 spiro atoms. The van der Waals surface area contributed by atoms with Crippen LogP contribution in [0.2, 0.25) is 0 Å². The van der Waals surface area contributed by atoms with Gasteiger partial charge < -0.3 is 4.84 Å². The van der Waals surface area contributed by atoms with Crippen LogP contribution in [0.4, 0.5) is 0 Å². The fourth-order valence-electron chi connectivity index (χ4n) is 2.74. The molecule has 28 heavy (non-hydrogen) atoms. The number of pyridine rings is 1. The Bertz CT molecular complexity index is 1080. The highest BCUT2D eigenvalue weighted by Gasteiger charge is 2.14. The van der Waals surface area contributed by atoms with E-state index in [1.165, 1.54) is 0 Å². The van der Waals surface area contributed by atoms with Crippen molar-refractivity contribution in [2.24, 2.45) is 12.2 Å². The van der Waals surface area contributed by atoms with Crippen molar-refractivity contribution in [3.8, 4) is 11.3 Å². The maximum Gasteiger partial charge on any atom is 0.204 e. The lowest BCUT2D eigenvalue weighted by Crippen LogP contribution is -2.12. The molecular weight excluding hydrogens is 352 g/mol. The molecular formula is C21H18N6O. The highest BCUT2D eigenvalue weighted by atomic mass is 16.6. The van der Waals surface area contributed by atoms with Gasteiger partial charge in [0.25, 0.3) is 0 Å². The zero-order valence-electron chi connectivity index (χ0n) is 15.3. The molecule has 0 radical (unpaired) electrons. The summed E-state index contributed by atoms with van der Waals surface area (Å²) >= 11 is 0. The van der Waals surface area contributed by atoms with Gasteiger partial charge in [0, 0.05) is 18.2 Å². The first-order chi connectivity index (χ1) is 13.8. The van der Waals surface area contributed by atoms with E-state index in [0.29, 0.717) is 11.5 Å². The monoisotopic (exact) mass is 370 g/mol. The Hall–Kier alpha value is -3.87. The molecule has 0 bridgehead atoms. The third-order valence-corrected chi connectivity index (χ3v) is 4.12. The van der Waals surface area contributed by atoms with Crippen molar-refractivity contribution < 1.29 is 4.84 Å². The van der Waals surface area contributed by atoms with Gasteiger partial charge >= 0.3 is 0 Å². The maximum absolute atomic E-state index is 5.62. The lowest BCUT2D eigenvalue weighted by molar-refractivity contribution is 0.128. The summed E-state index contributed by atoms with van der Waals surface area (Å²) in [5.41, 5.74) is 4.17. The maximum atomic E-state index is 5.62. The second-order valence-corrected chi connectivity index (χ2v) is 6.09. The van der Waals surface area contributed by atoms with E-state index in [2.05, 4.69) is 25.7 Å². The van der Waals surface area contributed by atoms with Crippen molar-refractivity contribution in [3.63, 3.8) is 0 Å². The summed E-state index contributed by atoms with van der Waals surface area (Å²) in [6.45, 7) is 0.238. The number of hydrogen-bond acceptors (Lipinski definition) is 6. The second kappa shape index (κ2) is 8.22. The zero-order valence-corrected chi connectivity index (χ0v) is 15.3. The molecule has 4 rings (SSSR count).